The number of hydrogen-bond acceptors (Lipinski definition) is 4. The zero-order valence-electron chi connectivity index (χ0n) is 12.0. The first-order valence-corrected chi connectivity index (χ1v) is 6.35. The van der Waals surface area contributed by atoms with Crippen LogP contribution in [0, 0.1) is 0 Å². The molecule has 1 aliphatic rings. The normalized spacial score (nSPS) is 13.8. The minimum absolute atomic E-state index is 0.605. The summed E-state index contributed by atoms with van der Waals surface area (Å²) in [6.07, 6.45) is 10.1. The zero-order valence-corrected chi connectivity index (χ0v) is 12.0. The summed E-state index contributed by atoms with van der Waals surface area (Å²) in [5, 5.41) is 3.16. The van der Waals surface area contributed by atoms with Crippen molar-refractivity contribution in [2.24, 2.45) is 0 Å². The average Bonchev–Trinajstić information content (AvgIpc) is 2.52. The van der Waals surface area contributed by atoms with Crippen molar-refractivity contribution in [2.75, 3.05) is 27.9 Å². The van der Waals surface area contributed by atoms with E-state index in [0.29, 0.717) is 17.2 Å². The number of ether oxygens (including phenoxy) is 3. The van der Waals surface area contributed by atoms with E-state index in [1.807, 2.05) is 30.5 Å². The van der Waals surface area contributed by atoms with Crippen molar-refractivity contribution in [3.63, 3.8) is 0 Å². The third kappa shape index (κ3) is 3.15. The highest BCUT2D eigenvalue weighted by atomic mass is 16.5. The molecule has 0 amide bonds. The van der Waals surface area contributed by atoms with Crippen LogP contribution in [0.2, 0.25) is 0 Å². The van der Waals surface area contributed by atoms with Gasteiger partial charge in [0.2, 0.25) is 5.75 Å². The number of methoxy groups -OCH3 is 3. The fourth-order valence-corrected chi connectivity index (χ4v) is 1.99. The molecular formula is C16H19NO3. The molecule has 1 aromatic carbocycles. The molecule has 4 heteroatoms. The monoisotopic (exact) mass is 273 g/mol. The minimum atomic E-state index is 0.605. The molecule has 1 aromatic rings. The fourth-order valence-electron chi connectivity index (χ4n) is 1.99. The molecule has 1 N–H and O–H groups in total. The summed E-state index contributed by atoms with van der Waals surface area (Å²) >= 11 is 0. The molecule has 0 saturated carbocycles. The lowest BCUT2D eigenvalue weighted by atomic mass is 10.1. The maximum absolute atomic E-state index is 5.33. The molecule has 4 nitrogen and oxygen atoms in total. The molecule has 0 saturated heterocycles. The van der Waals surface area contributed by atoms with Gasteiger partial charge in [-0.25, -0.2) is 0 Å². The second-order valence-corrected chi connectivity index (χ2v) is 4.27. The van der Waals surface area contributed by atoms with Crippen LogP contribution in [0.25, 0.3) is 6.08 Å². The van der Waals surface area contributed by atoms with Crippen molar-refractivity contribution >= 4 is 6.08 Å². The molecule has 106 valence electrons. The van der Waals surface area contributed by atoms with Gasteiger partial charge >= 0.3 is 0 Å². The smallest absolute Gasteiger partial charge is 0.203 e. The van der Waals surface area contributed by atoms with Gasteiger partial charge in [0.1, 0.15) is 0 Å². The number of nitrogens with one attached hydrogen (secondary N) is 1. The Labute approximate surface area is 119 Å². The van der Waals surface area contributed by atoms with Gasteiger partial charge in [-0.2, -0.15) is 0 Å². The van der Waals surface area contributed by atoms with Crippen LogP contribution < -0.4 is 19.5 Å². The van der Waals surface area contributed by atoms with Gasteiger partial charge in [-0.15, -0.1) is 0 Å². The molecule has 0 unspecified atom stereocenters. The SMILES string of the molecule is COc1cc(/C=C\C2=CC=CNC2)cc(OC)c1OC. The van der Waals surface area contributed by atoms with E-state index in [-0.39, 0.29) is 0 Å². The second-order valence-electron chi connectivity index (χ2n) is 4.27. The minimum Gasteiger partial charge on any atom is -0.493 e. The van der Waals surface area contributed by atoms with Crippen LogP contribution in [-0.4, -0.2) is 27.9 Å². The highest BCUT2D eigenvalue weighted by Crippen LogP contribution is 2.38. The van der Waals surface area contributed by atoms with Crippen molar-refractivity contribution in [1.29, 1.82) is 0 Å². The van der Waals surface area contributed by atoms with E-state index in [1.165, 1.54) is 5.57 Å². The Morgan fingerprint density at radius 2 is 1.70 bits per heavy atom. The Balaban J connectivity index is 2.30. The van der Waals surface area contributed by atoms with Crippen molar-refractivity contribution in [1.82, 2.24) is 5.32 Å². The maximum Gasteiger partial charge on any atom is 0.203 e. The molecule has 1 aliphatic heterocycles. The summed E-state index contributed by atoms with van der Waals surface area (Å²) in [7, 11) is 4.83. The van der Waals surface area contributed by atoms with Crippen LogP contribution in [-0.2, 0) is 0 Å². The van der Waals surface area contributed by atoms with Gasteiger partial charge in [0.25, 0.3) is 0 Å². The lowest BCUT2D eigenvalue weighted by molar-refractivity contribution is 0.324. The Bertz CT molecular complexity index is 534. The Hall–Kier alpha value is -2.36. The van der Waals surface area contributed by atoms with E-state index in [0.717, 1.165) is 12.1 Å². The van der Waals surface area contributed by atoms with Crippen molar-refractivity contribution in [3.05, 3.63) is 47.7 Å². The molecule has 1 heterocycles. The largest absolute Gasteiger partial charge is 0.493 e. The third-order valence-corrected chi connectivity index (χ3v) is 3.01. The number of allylic oxidation sites excluding steroid dienone is 2. The lowest BCUT2D eigenvalue weighted by Gasteiger charge is -2.13. The molecule has 20 heavy (non-hydrogen) atoms. The quantitative estimate of drug-likeness (QED) is 0.895. The van der Waals surface area contributed by atoms with Crippen LogP contribution in [0.4, 0.5) is 0 Å². The number of rotatable bonds is 5. The molecule has 2 rings (SSSR count). The predicted molar refractivity (Wildman–Crippen MR) is 80.4 cm³/mol. The molecule has 0 radical (unpaired) electrons. The first-order chi connectivity index (χ1) is 9.78. The van der Waals surface area contributed by atoms with E-state index < -0.39 is 0 Å². The summed E-state index contributed by atoms with van der Waals surface area (Å²) in [4.78, 5) is 0. The molecule has 0 aromatic heterocycles. The first-order valence-electron chi connectivity index (χ1n) is 6.35. The molecule has 0 aliphatic carbocycles. The summed E-state index contributed by atoms with van der Waals surface area (Å²) in [6.45, 7) is 0.831. The van der Waals surface area contributed by atoms with Gasteiger partial charge < -0.3 is 19.5 Å². The van der Waals surface area contributed by atoms with Gasteiger partial charge in [0.05, 0.1) is 21.3 Å². The highest BCUT2D eigenvalue weighted by Gasteiger charge is 2.11. The molecule has 0 fully saturated rings. The van der Waals surface area contributed by atoms with Gasteiger partial charge in [0.15, 0.2) is 11.5 Å². The summed E-state index contributed by atoms with van der Waals surface area (Å²) in [5.41, 5.74) is 2.20. The Kier molecular flexibility index (Phi) is 4.71. The van der Waals surface area contributed by atoms with Crippen molar-refractivity contribution in [3.8, 4) is 17.2 Å². The molecule has 0 atom stereocenters. The van der Waals surface area contributed by atoms with Crippen molar-refractivity contribution in [2.45, 2.75) is 0 Å². The van der Waals surface area contributed by atoms with Crippen LogP contribution in [0.15, 0.2) is 42.1 Å². The van der Waals surface area contributed by atoms with E-state index in [4.69, 9.17) is 14.2 Å². The number of dihydropyridines is 1. The van der Waals surface area contributed by atoms with E-state index in [1.54, 1.807) is 21.3 Å². The van der Waals surface area contributed by atoms with Gasteiger partial charge in [-0.05, 0) is 35.5 Å². The number of benzene rings is 1. The van der Waals surface area contributed by atoms with Gasteiger partial charge in [-0.3, -0.25) is 0 Å². The molecular weight excluding hydrogens is 254 g/mol. The molecule has 0 bridgehead atoms. The van der Waals surface area contributed by atoms with E-state index >= 15 is 0 Å². The lowest BCUT2D eigenvalue weighted by Crippen LogP contribution is -2.10. The summed E-state index contributed by atoms with van der Waals surface area (Å²) in [5.74, 6) is 1.91. The Morgan fingerprint density at radius 1 is 1.00 bits per heavy atom. The van der Waals surface area contributed by atoms with Crippen LogP contribution in [0.3, 0.4) is 0 Å². The van der Waals surface area contributed by atoms with E-state index in [2.05, 4.69) is 17.5 Å². The predicted octanol–water partition coefficient (Wildman–Crippen LogP) is 2.77. The van der Waals surface area contributed by atoms with Gasteiger partial charge in [0, 0.05) is 6.54 Å². The standard InChI is InChI=1S/C16H19NO3/c1-18-14-9-13(10-15(19-2)16(14)20-3)7-6-12-5-4-8-17-11-12/h4-10,17H,11H2,1-3H3/b7-6-. The van der Waals surface area contributed by atoms with Crippen LogP contribution >= 0.6 is 0 Å². The highest BCUT2D eigenvalue weighted by molar-refractivity contribution is 5.63. The van der Waals surface area contributed by atoms with Crippen LogP contribution in [0.1, 0.15) is 5.56 Å². The first kappa shape index (κ1) is 14.1. The topological polar surface area (TPSA) is 39.7 Å². The van der Waals surface area contributed by atoms with Crippen LogP contribution in [0.5, 0.6) is 17.2 Å². The second kappa shape index (κ2) is 6.70. The van der Waals surface area contributed by atoms with Gasteiger partial charge in [-0.1, -0.05) is 18.2 Å². The third-order valence-electron chi connectivity index (χ3n) is 3.01. The van der Waals surface area contributed by atoms with E-state index in [9.17, 15) is 0 Å². The maximum atomic E-state index is 5.33. The summed E-state index contributed by atoms with van der Waals surface area (Å²) in [6, 6.07) is 3.84. The average molecular weight is 273 g/mol. The Morgan fingerprint density at radius 3 is 2.20 bits per heavy atom. The fraction of sp³-hybridized carbons (Fsp3) is 0.250. The number of hydrogen-bond donors (Lipinski definition) is 1. The zero-order chi connectivity index (χ0) is 14.4. The van der Waals surface area contributed by atoms with Crippen molar-refractivity contribution < 1.29 is 14.2 Å². The summed E-state index contributed by atoms with van der Waals surface area (Å²) < 4.78 is 16.0. The molecule has 0 spiro atoms.